The van der Waals surface area contributed by atoms with Crippen molar-refractivity contribution in [1.29, 1.82) is 0 Å². The molecule has 0 atom stereocenters. The highest BCUT2D eigenvalue weighted by Gasteiger charge is 2.46. The number of hydrogen-bond acceptors (Lipinski definition) is 3. The van der Waals surface area contributed by atoms with Gasteiger partial charge in [-0.15, -0.1) is 0 Å². The first-order chi connectivity index (χ1) is 31.2. The van der Waals surface area contributed by atoms with Gasteiger partial charge in [0.2, 0.25) is 0 Å². The summed E-state index contributed by atoms with van der Waals surface area (Å²) in [6.07, 6.45) is 3.71. The summed E-state index contributed by atoms with van der Waals surface area (Å²) in [5.74, 6) is 0.687. The average molecular weight is 802 g/mol. The number of aromatic nitrogens is 3. The van der Waals surface area contributed by atoms with Crippen LogP contribution in [-0.4, -0.2) is 15.0 Å². The fourth-order valence-electron chi connectivity index (χ4n) is 10.0. The van der Waals surface area contributed by atoms with E-state index in [-0.39, 0.29) is 0 Å². The predicted octanol–water partition coefficient (Wildman–Crippen LogP) is 14.9. The maximum absolute atomic E-state index is 5.29. The standard InChI is InChI=1S/C60H39N3/c1-4-17-41(18-5-1)59-62-56(44-20-14-19-42(36-44)45-21-15-35-61-39-45)38-57(63-59)52-33-32-48(50-27-12-13-28-51(50)52)43-29-31-53-55(37-43)60(46-22-6-2-7-23-46,47-24-8-3-9-25-47)54-34-30-40-16-10-11-26-49(40)58(53)54/h1-39H. The third kappa shape index (κ3) is 6.01. The molecule has 0 fully saturated rings. The van der Waals surface area contributed by atoms with Gasteiger partial charge in [0.1, 0.15) is 0 Å². The van der Waals surface area contributed by atoms with E-state index >= 15 is 0 Å². The Labute approximate surface area is 366 Å². The molecular weight excluding hydrogens is 763 g/mol. The fourth-order valence-corrected chi connectivity index (χ4v) is 10.0. The van der Waals surface area contributed by atoms with E-state index in [1.54, 1.807) is 6.20 Å². The Morgan fingerprint density at radius 2 is 0.937 bits per heavy atom. The van der Waals surface area contributed by atoms with Crippen molar-refractivity contribution in [2.45, 2.75) is 5.41 Å². The first-order valence-electron chi connectivity index (χ1n) is 21.5. The molecule has 63 heavy (non-hydrogen) atoms. The maximum atomic E-state index is 5.29. The van der Waals surface area contributed by atoms with Gasteiger partial charge in [-0.1, -0.05) is 200 Å². The van der Waals surface area contributed by atoms with Crippen LogP contribution in [0.1, 0.15) is 22.3 Å². The molecule has 0 aliphatic heterocycles. The van der Waals surface area contributed by atoms with Crippen molar-refractivity contribution in [3.63, 3.8) is 0 Å². The molecule has 0 amide bonds. The zero-order chi connectivity index (χ0) is 41.7. The molecule has 2 heterocycles. The summed E-state index contributed by atoms with van der Waals surface area (Å²) >= 11 is 0. The van der Waals surface area contributed by atoms with E-state index in [4.69, 9.17) is 9.97 Å². The summed E-state index contributed by atoms with van der Waals surface area (Å²) in [5.41, 5.74) is 16.4. The molecular formula is C60H39N3. The highest BCUT2D eigenvalue weighted by Crippen LogP contribution is 2.58. The number of nitrogens with zero attached hydrogens (tertiary/aromatic N) is 3. The minimum absolute atomic E-state index is 0.525. The number of fused-ring (bicyclic) bond motifs is 6. The number of rotatable bonds is 7. The van der Waals surface area contributed by atoms with E-state index in [1.165, 1.54) is 60.7 Å². The molecule has 0 saturated heterocycles. The lowest BCUT2D eigenvalue weighted by molar-refractivity contribution is 0.769. The Morgan fingerprint density at radius 3 is 1.68 bits per heavy atom. The number of benzene rings is 9. The smallest absolute Gasteiger partial charge is 0.160 e. The van der Waals surface area contributed by atoms with Crippen molar-refractivity contribution < 1.29 is 0 Å². The zero-order valence-electron chi connectivity index (χ0n) is 34.4. The normalized spacial score (nSPS) is 12.6. The number of pyridine rings is 1. The summed E-state index contributed by atoms with van der Waals surface area (Å²) in [7, 11) is 0. The van der Waals surface area contributed by atoms with Gasteiger partial charge in [-0.2, -0.15) is 0 Å². The summed E-state index contributed by atoms with van der Waals surface area (Å²) in [4.78, 5) is 14.9. The van der Waals surface area contributed by atoms with Crippen LogP contribution >= 0.6 is 0 Å². The second-order valence-electron chi connectivity index (χ2n) is 16.3. The summed E-state index contributed by atoms with van der Waals surface area (Å²) < 4.78 is 0. The van der Waals surface area contributed by atoms with E-state index < -0.39 is 5.41 Å². The second kappa shape index (κ2) is 15.0. The summed E-state index contributed by atoms with van der Waals surface area (Å²) in [5, 5.41) is 4.82. The molecule has 1 aliphatic carbocycles. The zero-order valence-corrected chi connectivity index (χ0v) is 34.4. The molecule has 12 rings (SSSR count). The van der Waals surface area contributed by atoms with Gasteiger partial charge in [0.15, 0.2) is 5.82 Å². The monoisotopic (exact) mass is 801 g/mol. The Bertz CT molecular complexity index is 3450. The van der Waals surface area contributed by atoms with Gasteiger partial charge in [-0.25, -0.2) is 9.97 Å². The lowest BCUT2D eigenvalue weighted by atomic mass is 9.67. The van der Waals surface area contributed by atoms with Crippen molar-refractivity contribution in [3.05, 3.63) is 259 Å². The first kappa shape index (κ1) is 36.6. The number of hydrogen-bond donors (Lipinski definition) is 0. The molecule has 3 nitrogen and oxygen atoms in total. The third-order valence-electron chi connectivity index (χ3n) is 12.9. The van der Waals surface area contributed by atoms with Crippen molar-refractivity contribution in [2.75, 3.05) is 0 Å². The van der Waals surface area contributed by atoms with Gasteiger partial charge in [-0.3, -0.25) is 4.98 Å². The van der Waals surface area contributed by atoms with Crippen LogP contribution in [0.4, 0.5) is 0 Å². The predicted molar refractivity (Wildman–Crippen MR) is 259 cm³/mol. The Kier molecular flexibility index (Phi) is 8.72. The van der Waals surface area contributed by atoms with Crippen LogP contribution in [0, 0.1) is 0 Å². The molecule has 0 N–H and O–H groups in total. The molecule has 0 saturated carbocycles. The van der Waals surface area contributed by atoms with E-state index in [1.807, 2.05) is 30.5 Å². The topological polar surface area (TPSA) is 38.7 Å². The minimum Gasteiger partial charge on any atom is -0.264 e. The van der Waals surface area contributed by atoms with Gasteiger partial charge in [0.05, 0.1) is 16.8 Å². The lowest BCUT2D eigenvalue weighted by Gasteiger charge is -2.34. The van der Waals surface area contributed by atoms with Crippen LogP contribution < -0.4 is 0 Å². The second-order valence-corrected chi connectivity index (χ2v) is 16.3. The molecule has 9 aromatic carbocycles. The largest absolute Gasteiger partial charge is 0.264 e. The highest BCUT2D eigenvalue weighted by atomic mass is 14.9. The van der Waals surface area contributed by atoms with Crippen molar-refractivity contribution in [1.82, 2.24) is 15.0 Å². The average Bonchev–Trinajstić information content (AvgIpc) is 3.68. The molecule has 0 spiro atoms. The Hall–Kier alpha value is -8.27. The quantitative estimate of drug-likeness (QED) is 0.161. The van der Waals surface area contributed by atoms with Gasteiger partial charge >= 0.3 is 0 Å². The van der Waals surface area contributed by atoms with Gasteiger partial charge in [0.25, 0.3) is 0 Å². The van der Waals surface area contributed by atoms with Crippen LogP contribution in [-0.2, 0) is 5.41 Å². The van der Waals surface area contributed by atoms with Crippen molar-refractivity contribution in [3.8, 4) is 67.3 Å². The van der Waals surface area contributed by atoms with Gasteiger partial charge in [-0.05, 0) is 95.9 Å². The van der Waals surface area contributed by atoms with Gasteiger partial charge < -0.3 is 0 Å². The molecule has 1 aliphatic rings. The van der Waals surface area contributed by atoms with Crippen LogP contribution in [0.25, 0.3) is 88.8 Å². The third-order valence-corrected chi connectivity index (χ3v) is 12.9. The molecule has 0 unspecified atom stereocenters. The highest BCUT2D eigenvalue weighted by molar-refractivity contribution is 6.07. The molecule has 294 valence electrons. The molecule has 11 aromatic rings. The fraction of sp³-hybridized carbons (Fsp3) is 0.0167. The van der Waals surface area contributed by atoms with E-state index in [0.717, 1.165) is 44.6 Å². The lowest BCUT2D eigenvalue weighted by Crippen LogP contribution is -2.28. The molecule has 0 radical (unpaired) electrons. The van der Waals surface area contributed by atoms with E-state index in [9.17, 15) is 0 Å². The molecule has 0 bridgehead atoms. The maximum Gasteiger partial charge on any atom is 0.160 e. The van der Waals surface area contributed by atoms with Gasteiger partial charge in [0, 0.05) is 34.6 Å². The molecule has 3 heteroatoms. The van der Waals surface area contributed by atoms with Crippen LogP contribution in [0.3, 0.4) is 0 Å². The Balaban J connectivity index is 1.06. The SMILES string of the molecule is c1ccc(-c2nc(-c3cccc(-c4cccnc4)c3)cc(-c3ccc(-c4ccc5c(c4)C(c4ccccc4)(c4ccccc4)c4ccc6ccccc6c4-5)c4ccccc34)n2)cc1. The minimum atomic E-state index is -0.525. The van der Waals surface area contributed by atoms with Crippen LogP contribution in [0.2, 0.25) is 0 Å². The van der Waals surface area contributed by atoms with Crippen LogP contribution in [0.5, 0.6) is 0 Å². The summed E-state index contributed by atoms with van der Waals surface area (Å²) in [6.45, 7) is 0. The first-order valence-corrected chi connectivity index (χ1v) is 21.5. The van der Waals surface area contributed by atoms with E-state index in [2.05, 4.69) is 205 Å². The van der Waals surface area contributed by atoms with Crippen molar-refractivity contribution in [2.24, 2.45) is 0 Å². The van der Waals surface area contributed by atoms with Crippen LogP contribution in [0.15, 0.2) is 237 Å². The Morgan fingerprint density at radius 1 is 0.333 bits per heavy atom. The van der Waals surface area contributed by atoms with Crippen molar-refractivity contribution >= 4 is 21.5 Å². The molecule has 2 aromatic heterocycles. The summed E-state index contributed by atoms with van der Waals surface area (Å²) in [6, 6.07) is 81.1. The van der Waals surface area contributed by atoms with E-state index in [0.29, 0.717) is 5.82 Å².